The molecule has 0 unspecified atom stereocenters. The van der Waals surface area contributed by atoms with Gasteiger partial charge in [0.15, 0.2) is 5.69 Å². The van der Waals surface area contributed by atoms with E-state index in [1.165, 1.54) is 17.2 Å². The van der Waals surface area contributed by atoms with Gasteiger partial charge in [-0.1, -0.05) is 29.4 Å². The quantitative estimate of drug-likeness (QED) is 0.580. The summed E-state index contributed by atoms with van der Waals surface area (Å²) in [6.07, 6.45) is 7.66. The first-order valence-electron chi connectivity index (χ1n) is 8.45. The van der Waals surface area contributed by atoms with E-state index in [0.29, 0.717) is 18.8 Å². The first-order valence-corrected chi connectivity index (χ1v) is 8.45. The maximum Gasteiger partial charge on any atom is 0.276 e. The second kappa shape index (κ2) is 7.23. The molecule has 0 aliphatic carbocycles. The van der Waals surface area contributed by atoms with Crippen molar-refractivity contribution in [2.24, 2.45) is 0 Å². The van der Waals surface area contributed by atoms with Crippen molar-refractivity contribution in [2.75, 3.05) is 6.54 Å². The zero-order valence-electron chi connectivity index (χ0n) is 14.1. The Morgan fingerprint density at radius 3 is 2.88 bits per heavy atom. The highest BCUT2D eigenvalue weighted by molar-refractivity contribution is 5.92. The van der Waals surface area contributed by atoms with Crippen molar-refractivity contribution in [1.29, 1.82) is 0 Å². The Kier molecular flexibility index (Phi) is 4.47. The van der Waals surface area contributed by atoms with E-state index in [9.17, 15) is 4.79 Å². The third-order valence-corrected chi connectivity index (χ3v) is 4.37. The summed E-state index contributed by atoms with van der Waals surface area (Å²) in [4.78, 5) is 22.0. The number of hydrogen-bond acceptors (Lipinski definition) is 4. The van der Waals surface area contributed by atoms with Crippen molar-refractivity contribution in [3.05, 3.63) is 84.1 Å². The van der Waals surface area contributed by atoms with Crippen LogP contribution in [0.15, 0.2) is 71.8 Å². The molecule has 3 heterocycles. The van der Waals surface area contributed by atoms with Gasteiger partial charge in [0, 0.05) is 48.6 Å². The van der Waals surface area contributed by atoms with Gasteiger partial charge in [0.2, 0.25) is 0 Å². The number of H-pyrrole nitrogens is 1. The van der Waals surface area contributed by atoms with E-state index in [1.54, 1.807) is 23.4 Å². The number of hydrogen-bond donors (Lipinski definition) is 1. The van der Waals surface area contributed by atoms with Gasteiger partial charge in [-0.25, -0.2) is 0 Å². The molecule has 0 fully saturated rings. The molecule has 4 aromatic rings. The van der Waals surface area contributed by atoms with Gasteiger partial charge in [-0.15, -0.1) is 0 Å². The van der Waals surface area contributed by atoms with Gasteiger partial charge in [-0.05, 0) is 29.7 Å². The van der Waals surface area contributed by atoms with E-state index in [0.717, 1.165) is 17.5 Å². The first-order chi connectivity index (χ1) is 12.8. The molecule has 0 saturated carbocycles. The number of aromatic nitrogens is 3. The van der Waals surface area contributed by atoms with E-state index >= 15 is 0 Å². The van der Waals surface area contributed by atoms with Crippen molar-refractivity contribution in [3.63, 3.8) is 0 Å². The van der Waals surface area contributed by atoms with Gasteiger partial charge in [0.25, 0.3) is 5.91 Å². The second-order valence-corrected chi connectivity index (χ2v) is 6.08. The van der Waals surface area contributed by atoms with Gasteiger partial charge in [-0.2, -0.15) is 0 Å². The molecule has 6 heteroatoms. The Morgan fingerprint density at radius 1 is 1.15 bits per heavy atom. The number of benzene rings is 1. The molecule has 6 nitrogen and oxygen atoms in total. The van der Waals surface area contributed by atoms with Crippen LogP contribution in [-0.2, 0) is 13.0 Å². The summed E-state index contributed by atoms with van der Waals surface area (Å²) in [6, 6.07) is 13.6. The standard InChI is InChI=1S/C20H18N4O2/c25-20(19-8-11-26-23-19)24(14-15-4-3-9-21-12-15)10-7-16-13-22-18-6-2-1-5-17(16)18/h1-6,8-9,11-13,22H,7,10,14H2. The zero-order valence-corrected chi connectivity index (χ0v) is 14.1. The van der Waals surface area contributed by atoms with E-state index in [4.69, 9.17) is 4.52 Å². The molecule has 0 saturated heterocycles. The number of carbonyl (C=O) groups is 1. The van der Waals surface area contributed by atoms with Gasteiger partial charge >= 0.3 is 0 Å². The number of rotatable bonds is 6. The van der Waals surface area contributed by atoms with E-state index in [1.807, 2.05) is 36.5 Å². The SMILES string of the molecule is O=C(c1ccon1)N(CCc1c[nH]c2ccccc12)Cc1cccnc1. The molecule has 0 aliphatic heterocycles. The fourth-order valence-electron chi connectivity index (χ4n) is 3.04. The van der Waals surface area contributed by atoms with Crippen LogP contribution in [0.25, 0.3) is 10.9 Å². The molecular weight excluding hydrogens is 328 g/mol. The highest BCUT2D eigenvalue weighted by atomic mass is 16.5. The predicted octanol–water partition coefficient (Wildman–Crippen LogP) is 3.44. The van der Waals surface area contributed by atoms with Crippen molar-refractivity contribution in [2.45, 2.75) is 13.0 Å². The van der Waals surface area contributed by atoms with Crippen LogP contribution in [0.3, 0.4) is 0 Å². The lowest BCUT2D eigenvalue weighted by molar-refractivity contribution is 0.0734. The topological polar surface area (TPSA) is 75.0 Å². The highest BCUT2D eigenvalue weighted by Crippen LogP contribution is 2.19. The Balaban J connectivity index is 1.55. The summed E-state index contributed by atoms with van der Waals surface area (Å²) in [5.74, 6) is -0.151. The average Bonchev–Trinajstić information content (AvgIpc) is 3.35. The van der Waals surface area contributed by atoms with Crippen molar-refractivity contribution in [1.82, 2.24) is 20.0 Å². The number of carbonyl (C=O) groups excluding carboxylic acids is 1. The first kappa shape index (κ1) is 16.1. The van der Waals surface area contributed by atoms with Crippen LogP contribution >= 0.6 is 0 Å². The Morgan fingerprint density at radius 2 is 2.08 bits per heavy atom. The summed E-state index contributed by atoms with van der Waals surface area (Å²) < 4.78 is 4.83. The van der Waals surface area contributed by atoms with Crippen LogP contribution in [0.5, 0.6) is 0 Å². The van der Waals surface area contributed by atoms with Gasteiger partial charge in [0.1, 0.15) is 6.26 Å². The van der Waals surface area contributed by atoms with Crippen LogP contribution in [0.2, 0.25) is 0 Å². The number of fused-ring (bicyclic) bond motifs is 1. The summed E-state index contributed by atoms with van der Waals surface area (Å²) in [7, 11) is 0. The fourth-order valence-corrected chi connectivity index (χ4v) is 3.04. The molecule has 3 aromatic heterocycles. The lowest BCUT2D eigenvalue weighted by atomic mass is 10.1. The van der Waals surface area contributed by atoms with Crippen molar-refractivity contribution < 1.29 is 9.32 Å². The van der Waals surface area contributed by atoms with Crippen LogP contribution < -0.4 is 0 Å². The van der Waals surface area contributed by atoms with Crippen LogP contribution in [0, 0.1) is 0 Å². The van der Waals surface area contributed by atoms with Crippen LogP contribution in [0.4, 0.5) is 0 Å². The highest BCUT2D eigenvalue weighted by Gasteiger charge is 2.19. The molecule has 0 spiro atoms. The summed E-state index contributed by atoms with van der Waals surface area (Å²) in [5.41, 5.74) is 3.57. The van der Waals surface area contributed by atoms with Gasteiger partial charge in [0.05, 0.1) is 0 Å². The fraction of sp³-hybridized carbons (Fsp3) is 0.150. The lowest BCUT2D eigenvalue weighted by Crippen LogP contribution is -2.32. The number of nitrogens with zero attached hydrogens (tertiary/aromatic N) is 3. The predicted molar refractivity (Wildman–Crippen MR) is 97.5 cm³/mol. The second-order valence-electron chi connectivity index (χ2n) is 6.08. The molecule has 1 amide bonds. The molecule has 0 bridgehead atoms. The summed E-state index contributed by atoms with van der Waals surface area (Å²) in [6.45, 7) is 1.05. The third kappa shape index (κ3) is 3.35. The third-order valence-electron chi connectivity index (χ3n) is 4.37. The average molecular weight is 346 g/mol. The molecule has 1 aromatic carbocycles. The van der Waals surface area contributed by atoms with E-state index in [2.05, 4.69) is 21.2 Å². The van der Waals surface area contributed by atoms with E-state index in [-0.39, 0.29) is 5.91 Å². The molecule has 0 radical (unpaired) electrons. The molecule has 0 aliphatic rings. The Labute approximate surface area is 150 Å². The lowest BCUT2D eigenvalue weighted by Gasteiger charge is -2.21. The van der Waals surface area contributed by atoms with Gasteiger partial charge < -0.3 is 14.4 Å². The summed E-state index contributed by atoms with van der Waals surface area (Å²) >= 11 is 0. The number of nitrogens with one attached hydrogen (secondary N) is 1. The normalized spacial score (nSPS) is 10.9. The van der Waals surface area contributed by atoms with Crippen molar-refractivity contribution >= 4 is 16.8 Å². The summed E-state index contributed by atoms with van der Waals surface area (Å²) in [5, 5.41) is 4.97. The molecular formula is C20H18N4O2. The van der Waals surface area contributed by atoms with Gasteiger partial charge in [-0.3, -0.25) is 9.78 Å². The zero-order chi connectivity index (χ0) is 17.8. The van der Waals surface area contributed by atoms with E-state index < -0.39 is 0 Å². The number of pyridine rings is 1. The maximum atomic E-state index is 12.8. The van der Waals surface area contributed by atoms with Crippen LogP contribution in [-0.4, -0.2) is 32.5 Å². The molecule has 130 valence electrons. The Hall–Kier alpha value is -3.41. The number of para-hydroxylation sites is 1. The minimum atomic E-state index is -0.151. The molecule has 0 atom stereocenters. The number of amides is 1. The molecule has 4 rings (SSSR count). The minimum absolute atomic E-state index is 0.151. The smallest absolute Gasteiger partial charge is 0.276 e. The monoisotopic (exact) mass is 346 g/mol. The van der Waals surface area contributed by atoms with Crippen molar-refractivity contribution in [3.8, 4) is 0 Å². The molecule has 1 N–H and O–H groups in total. The Bertz CT molecular complexity index is 993. The molecule has 26 heavy (non-hydrogen) atoms. The largest absolute Gasteiger partial charge is 0.364 e. The minimum Gasteiger partial charge on any atom is -0.364 e. The maximum absolute atomic E-state index is 12.8. The number of aromatic amines is 1. The van der Waals surface area contributed by atoms with Crippen LogP contribution in [0.1, 0.15) is 21.6 Å².